The predicted octanol–water partition coefficient (Wildman–Crippen LogP) is 4.09. The molecule has 4 rings (SSSR count). The Kier molecular flexibility index (Phi) is 6.83. The molecular formula is C28H37ClO7. The number of Topliss-reactive ketones (excluding diaryl/α,β-unsaturated/α-hetero) is 1. The number of halogens is 1. The van der Waals surface area contributed by atoms with E-state index in [4.69, 9.17) is 21.1 Å². The number of aliphatic hydroxyl groups excluding tert-OH is 1. The highest BCUT2D eigenvalue weighted by molar-refractivity contribution is 6.26. The molecule has 4 aliphatic carbocycles. The summed E-state index contributed by atoms with van der Waals surface area (Å²) in [7, 11) is 0. The molecule has 36 heavy (non-hydrogen) atoms. The zero-order valence-corrected chi connectivity index (χ0v) is 22.5. The molecule has 198 valence electrons. The third-order valence-electron chi connectivity index (χ3n) is 9.81. The Morgan fingerprint density at radius 3 is 2.44 bits per heavy atom. The summed E-state index contributed by atoms with van der Waals surface area (Å²) in [6, 6.07) is 0. The second-order valence-electron chi connectivity index (χ2n) is 11.4. The van der Waals surface area contributed by atoms with Crippen LogP contribution >= 0.6 is 11.6 Å². The van der Waals surface area contributed by atoms with Crippen LogP contribution in [0.15, 0.2) is 23.8 Å². The Morgan fingerprint density at radius 2 is 1.81 bits per heavy atom. The Bertz CT molecular complexity index is 1050. The van der Waals surface area contributed by atoms with Crippen molar-refractivity contribution in [1.82, 2.24) is 0 Å². The van der Waals surface area contributed by atoms with Crippen molar-refractivity contribution >= 4 is 35.1 Å². The van der Waals surface area contributed by atoms with Crippen LogP contribution in [0.5, 0.6) is 0 Å². The van der Waals surface area contributed by atoms with E-state index in [-0.39, 0.29) is 42.8 Å². The molecular weight excluding hydrogens is 484 g/mol. The molecule has 0 unspecified atom stereocenters. The number of ketones is 2. The maximum atomic E-state index is 13.9. The molecule has 0 aromatic carbocycles. The number of fused-ring (bicyclic) bond motifs is 5. The maximum Gasteiger partial charge on any atom is 0.306 e. The maximum absolute atomic E-state index is 13.9. The molecule has 0 saturated heterocycles. The predicted molar refractivity (Wildman–Crippen MR) is 133 cm³/mol. The van der Waals surface area contributed by atoms with E-state index in [1.807, 2.05) is 26.8 Å². The number of esters is 2. The van der Waals surface area contributed by atoms with E-state index in [2.05, 4.69) is 0 Å². The molecule has 0 radical (unpaired) electrons. The SMILES string of the molecule is CCC(=O)OCC(=O)[C@]1(OC(=O)CC)[C@@H](C)C[C@@H]2[C@H]3CCC4=CC(=O)C=C[C@]4(C)[C@]3(Cl)[C@@H](O)C[C@@]21C. The number of rotatable bonds is 6. The third kappa shape index (κ3) is 3.48. The van der Waals surface area contributed by atoms with Crippen LogP contribution in [-0.2, 0) is 28.7 Å². The summed E-state index contributed by atoms with van der Waals surface area (Å²) >= 11 is 7.48. The van der Waals surface area contributed by atoms with E-state index in [1.54, 1.807) is 19.9 Å². The summed E-state index contributed by atoms with van der Waals surface area (Å²) in [6.45, 7) is 8.61. The first-order valence-electron chi connectivity index (χ1n) is 13.0. The fourth-order valence-electron chi connectivity index (χ4n) is 8.01. The topological polar surface area (TPSA) is 107 Å². The third-order valence-corrected chi connectivity index (χ3v) is 10.7. The average molecular weight is 521 g/mol. The van der Waals surface area contributed by atoms with Gasteiger partial charge in [-0.05, 0) is 49.7 Å². The van der Waals surface area contributed by atoms with Crippen LogP contribution in [0.3, 0.4) is 0 Å². The molecule has 8 heteroatoms. The number of aliphatic hydroxyl groups is 1. The molecule has 7 nitrogen and oxygen atoms in total. The van der Waals surface area contributed by atoms with Crippen molar-refractivity contribution in [2.45, 2.75) is 89.7 Å². The average Bonchev–Trinajstić information content (AvgIpc) is 3.05. The van der Waals surface area contributed by atoms with Crippen LogP contribution in [0, 0.1) is 28.6 Å². The quantitative estimate of drug-likeness (QED) is 0.415. The molecule has 0 spiro atoms. The lowest BCUT2D eigenvalue weighted by Gasteiger charge is -2.64. The Hall–Kier alpha value is -1.99. The van der Waals surface area contributed by atoms with Crippen LogP contribution in [0.25, 0.3) is 0 Å². The van der Waals surface area contributed by atoms with Crippen LogP contribution < -0.4 is 0 Å². The molecule has 0 bridgehead atoms. The lowest BCUT2D eigenvalue weighted by molar-refractivity contribution is -0.203. The summed E-state index contributed by atoms with van der Waals surface area (Å²) < 4.78 is 11.3. The van der Waals surface area contributed by atoms with E-state index in [0.717, 1.165) is 5.57 Å². The molecule has 4 aliphatic rings. The van der Waals surface area contributed by atoms with Crippen molar-refractivity contribution in [3.05, 3.63) is 23.8 Å². The summed E-state index contributed by atoms with van der Waals surface area (Å²) in [5, 5.41) is 11.8. The van der Waals surface area contributed by atoms with Crippen LogP contribution in [0.4, 0.5) is 0 Å². The number of ether oxygens (including phenoxy) is 2. The minimum Gasteiger partial charge on any atom is -0.457 e. The smallest absolute Gasteiger partial charge is 0.306 e. The van der Waals surface area contributed by atoms with Gasteiger partial charge in [0.2, 0.25) is 5.78 Å². The molecule has 3 fully saturated rings. The molecule has 0 aromatic rings. The van der Waals surface area contributed by atoms with Crippen molar-refractivity contribution in [1.29, 1.82) is 0 Å². The standard InChI is InChI=1S/C28H37ClO7/c1-6-23(33)35-15-22(32)28(36-24(34)7-2)16(3)12-20-19-9-8-17-13-18(30)10-11-25(17,4)27(19,29)21(31)14-26(20,28)5/h10-11,13,16,19-21,31H,6-9,12,14-15H2,1-5H3/t16-,19+,20+,21-,25-,26-,27+,28+/m0/s1. The van der Waals surface area contributed by atoms with Crippen molar-refractivity contribution in [3.8, 4) is 0 Å². The zero-order chi connectivity index (χ0) is 26.7. The van der Waals surface area contributed by atoms with Crippen molar-refractivity contribution in [2.75, 3.05) is 6.61 Å². The second-order valence-corrected chi connectivity index (χ2v) is 12.0. The number of hydrogen-bond acceptors (Lipinski definition) is 7. The van der Waals surface area contributed by atoms with E-state index in [1.165, 1.54) is 6.08 Å². The van der Waals surface area contributed by atoms with Crippen molar-refractivity contribution in [3.63, 3.8) is 0 Å². The fourth-order valence-corrected chi connectivity index (χ4v) is 8.53. The van der Waals surface area contributed by atoms with Gasteiger partial charge < -0.3 is 14.6 Å². The van der Waals surface area contributed by atoms with Gasteiger partial charge in [-0.2, -0.15) is 0 Å². The van der Waals surface area contributed by atoms with Gasteiger partial charge in [0, 0.05) is 29.6 Å². The summed E-state index contributed by atoms with van der Waals surface area (Å²) in [5.74, 6) is -2.24. The van der Waals surface area contributed by atoms with E-state index in [9.17, 15) is 24.3 Å². The van der Waals surface area contributed by atoms with Crippen molar-refractivity contribution < 1.29 is 33.8 Å². The highest BCUT2D eigenvalue weighted by atomic mass is 35.5. The zero-order valence-electron chi connectivity index (χ0n) is 21.8. The van der Waals surface area contributed by atoms with Gasteiger partial charge in [-0.3, -0.25) is 19.2 Å². The highest BCUT2D eigenvalue weighted by Crippen LogP contribution is 2.72. The van der Waals surface area contributed by atoms with Gasteiger partial charge in [0.15, 0.2) is 18.0 Å². The summed E-state index contributed by atoms with van der Waals surface area (Å²) in [6.07, 6.45) is 6.18. The number of alkyl halides is 1. The summed E-state index contributed by atoms with van der Waals surface area (Å²) in [4.78, 5) is 49.5. The molecule has 1 N–H and O–H groups in total. The molecule has 0 amide bonds. The minimum atomic E-state index is -1.55. The Morgan fingerprint density at radius 1 is 1.14 bits per heavy atom. The highest BCUT2D eigenvalue weighted by Gasteiger charge is 2.76. The van der Waals surface area contributed by atoms with E-state index >= 15 is 0 Å². The fraction of sp³-hybridized carbons (Fsp3) is 0.714. The van der Waals surface area contributed by atoms with Gasteiger partial charge >= 0.3 is 11.9 Å². The number of carbonyl (C=O) groups is 4. The second kappa shape index (κ2) is 9.09. The molecule has 0 aromatic heterocycles. The largest absolute Gasteiger partial charge is 0.457 e. The molecule has 0 aliphatic heterocycles. The van der Waals surface area contributed by atoms with Gasteiger partial charge in [0.1, 0.15) is 0 Å². The van der Waals surface area contributed by atoms with E-state index in [0.29, 0.717) is 19.3 Å². The van der Waals surface area contributed by atoms with E-state index < -0.39 is 51.7 Å². The molecule has 8 atom stereocenters. The number of allylic oxidation sites excluding steroid dienone is 4. The van der Waals surface area contributed by atoms with Crippen LogP contribution in [0.1, 0.15) is 73.1 Å². The molecule has 3 saturated carbocycles. The summed E-state index contributed by atoms with van der Waals surface area (Å²) in [5.41, 5.74) is -2.27. The monoisotopic (exact) mass is 520 g/mol. The number of hydrogen-bond donors (Lipinski definition) is 1. The first-order valence-corrected chi connectivity index (χ1v) is 13.4. The minimum absolute atomic E-state index is 0.0801. The van der Waals surface area contributed by atoms with Crippen molar-refractivity contribution in [2.24, 2.45) is 28.6 Å². The van der Waals surface area contributed by atoms with Gasteiger partial charge in [-0.15, -0.1) is 11.6 Å². The van der Waals surface area contributed by atoms with Gasteiger partial charge in [-0.1, -0.05) is 46.3 Å². The lowest BCUT2D eigenvalue weighted by Crippen LogP contribution is -2.69. The molecule has 0 heterocycles. The van der Waals surface area contributed by atoms with Crippen LogP contribution in [0.2, 0.25) is 0 Å². The van der Waals surface area contributed by atoms with Crippen LogP contribution in [-0.4, -0.2) is 51.8 Å². The van der Waals surface area contributed by atoms with Gasteiger partial charge in [0.05, 0.1) is 11.0 Å². The number of carbonyl (C=O) groups excluding carboxylic acids is 4. The van der Waals surface area contributed by atoms with Gasteiger partial charge in [0.25, 0.3) is 0 Å². The lowest BCUT2D eigenvalue weighted by atomic mass is 9.45. The Labute approximate surface area is 217 Å². The first kappa shape index (κ1) is 27.1. The Balaban J connectivity index is 1.80. The van der Waals surface area contributed by atoms with Gasteiger partial charge in [-0.25, -0.2) is 0 Å². The normalized spacial score (nSPS) is 43.1. The first-order chi connectivity index (χ1) is 16.8.